The highest BCUT2D eigenvalue weighted by atomic mass is 16.6. The molecule has 0 spiro atoms. The molecule has 0 aliphatic carbocycles. The number of hydrogen-bond acceptors (Lipinski definition) is 11. The van der Waals surface area contributed by atoms with E-state index in [4.69, 9.17) is 19.6 Å². The average Bonchev–Trinajstić information content (AvgIpc) is 2.99. The van der Waals surface area contributed by atoms with Crippen LogP contribution in [0.2, 0.25) is 0 Å². The van der Waals surface area contributed by atoms with Gasteiger partial charge in [-0.3, -0.25) is 5.32 Å². The van der Waals surface area contributed by atoms with E-state index in [1.807, 2.05) is 0 Å². The number of ether oxygens (including phenoxy) is 2. The van der Waals surface area contributed by atoms with Crippen LogP contribution in [0.15, 0.2) is 82.0 Å². The highest BCUT2D eigenvalue weighted by Crippen LogP contribution is 2.21. The van der Waals surface area contributed by atoms with Crippen molar-refractivity contribution in [3.8, 4) is 17.1 Å². The lowest BCUT2D eigenvalue weighted by Crippen LogP contribution is -2.33. The molecule has 0 fully saturated rings. The fourth-order valence-corrected chi connectivity index (χ4v) is 4.11. The first-order valence-corrected chi connectivity index (χ1v) is 13.2. The lowest BCUT2D eigenvalue weighted by molar-refractivity contribution is 0.150. The first kappa shape index (κ1) is 28.7. The minimum absolute atomic E-state index is 0.0220. The molecular weight excluding hydrogens is 554 g/mol. The number of fused-ring (bicyclic) bond motifs is 1. The molecule has 218 valence electrons. The van der Waals surface area contributed by atoms with Crippen LogP contribution >= 0.6 is 0 Å². The van der Waals surface area contributed by atoms with Gasteiger partial charge in [0, 0.05) is 41.0 Å². The minimum Gasteiger partial charge on any atom is -0.444 e. The van der Waals surface area contributed by atoms with Crippen molar-refractivity contribution in [3.05, 3.63) is 100 Å². The Labute approximate surface area is 245 Å². The summed E-state index contributed by atoms with van der Waals surface area (Å²) in [5, 5.41) is 19.7. The lowest BCUT2D eigenvalue weighted by atomic mass is 10.1. The van der Waals surface area contributed by atoms with Gasteiger partial charge >= 0.3 is 17.8 Å². The van der Waals surface area contributed by atoms with Crippen molar-refractivity contribution < 1.29 is 23.5 Å². The van der Waals surface area contributed by atoms with E-state index in [2.05, 4.69) is 25.7 Å². The summed E-state index contributed by atoms with van der Waals surface area (Å²) < 4.78 is 16.0. The quantitative estimate of drug-likeness (QED) is 0.192. The Balaban J connectivity index is 1.12. The standard InChI is InChI=1S/C30H27N7O6/c1-3-37(16-26-33-35-28(36-34-26)20-5-4-6-21(31)14-20)30(40)42-23-10-7-19(8-11-23)17-41-29(39)32-22-9-12-24-18(2)13-27(38)43-25(24)15-22/h4-15H,3,16-17,31H2,1-2H3,(H,32,39). The molecule has 13 nitrogen and oxygen atoms in total. The van der Waals surface area contributed by atoms with Gasteiger partial charge in [0.1, 0.15) is 17.9 Å². The van der Waals surface area contributed by atoms with Crippen LogP contribution in [0.5, 0.6) is 5.75 Å². The third-order valence-corrected chi connectivity index (χ3v) is 6.33. The van der Waals surface area contributed by atoms with E-state index in [1.165, 1.54) is 11.0 Å². The summed E-state index contributed by atoms with van der Waals surface area (Å²) in [6.07, 6.45) is -1.29. The average molecular weight is 582 g/mol. The van der Waals surface area contributed by atoms with Gasteiger partial charge in [0.15, 0.2) is 5.82 Å². The number of amides is 2. The number of aromatic nitrogens is 4. The van der Waals surface area contributed by atoms with Crippen molar-refractivity contribution >= 4 is 34.5 Å². The SMILES string of the molecule is CCN(Cc1nnc(-c2cccc(N)c2)nn1)C(=O)Oc1ccc(COC(=O)Nc2ccc3c(C)cc(=O)oc3c2)cc1. The van der Waals surface area contributed by atoms with Gasteiger partial charge in [-0.1, -0.05) is 24.3 Å². The number of anilines is 2. The molecule has 0 saturated heterocycles. The Morgan fingerprint density at radius 1 is 0.977 bits per heavy atom. The predicted octanol–water partition coefficient (Wildman–Crippen LogP) is 4.70. The Hall–Kier alpha value is -5.85. The zero-order valence-electron chi connectivity index (χ0n) is 23.3. The van der Waals surface area contributed by atoms with Crippen molar-refractivity contribution in [1.82, 2.24) is 25.3 Å². The van der Waals surface area contributed by atoms with Crippen molar-refractivity contribution in [2.45, 2.75) is 27.0 Å². The Kier molecular flexibility index (Phi) is 8.51. The van der Waals surface area contributed by atoms with E-state index in [9.17, 15) is 14.4 Å². The molecule has 0 radical (unpaired) electrons. The van der Waals surface area contributed by atoms with Gasteiger partial charge in [-0.15, -0.1) is 20.4 Å². The molecule has 5 rings (SSSR count). The van der Waals surface area contributed by atoms with Gasteiger partial charge in [0.2, 0.25) is 5.82 Å². The maximum Gasteiger partial charge on any atom is 0.415 e. The molecule has 2 amide bonds. The van der Waals surface area contributed by atoms with E-state index >= 15 is 0 Å². The van der Waals surface area contributed by atoms with Crippen LogP contribution in [0, 0.1) is 6.92 Å². The number of aryl methyl sites for hydroxylation is 1. The highest BCUT2D eigenvalue weighted by molar-refractivity contribution is 5.89. The fraction of sp³-hybridized carbons (Fsp3) is 0.167. The van der Waals surface area contributed by atoms with Crippen LogP contribution in [0.1, 0.15) is 23.9 Å². The lowest BCUT2D eigenvalue weighted by Gasteiger charge is -2.19. The summed E-state index contributed by atoms with van der Waals surface area (Å²) in [4.78, 5) is 38.1. The summed E-state index contributed by atoms with van der Waals surface area (Å²) in [6, 6.07) is 20.0. The number of nitrogens with two attached hydrogens (primary N) is 1. The Bertz CT molecular complexity index is 1820. The zero-order chi connectivity index (χ0) is 30.3. The van der Waals surface area contributed by atoms with Crippen LogP contribution in [0.4, 0.5) is 21.0 Å². The molecule has 2 heterocycles. The summed E-state index contributed by atoms with van der Waals surface area (Å²) in [6.45, 7) is 3.97. The Morgan fingerprint density at radius 2 is 1.74 bits per heavy atom. The summed E-state index contributed by atoms with van der Waals surface area (Å²) >= 11 is 0. The Morgan fingerprint density at radius 3 is 2.47 bits per heavy atom. The number of nitrogens with one attached hydrogen (secondary N) is 1. The number of nitrogens with zero attached hydrogens (tertiary/aromatic N) is 5. The van der Waals surface area contributed by atoms with E-state index in [0.717, 1.165) is 10.9 Å². The van der Waals surface area contributed by atoms with Gasteiger partial charge in [0.25, 0.3) is 0 Å². The number of carbonyl (C=O) groups excluding carboxylic acids is 2. The number of benzene rings is 3. The molecular formula is C30H27N7O6. The molecule has 43 heavy (non-hydrogen) atoms. The monoisotopic (exact) mass is 581 g/mol. The largest absolute Gasteiger partial charge is 0.444 e. The molecule has 0 saturated carbocycles. The van der Waals surface area contributed by atoms with Gasteiger partial charge < -0.3 is 24.5 Å². The third-order valence-electron chi connectivity index (χ3n) is 6.33. The molecule has 0 bridgehead atoms. The third kappa shape index (κ3) is 7.27. The first-order valence-electron chi connectivity index (χ1n) is 13.2. The molecule has 0 aliphatic rings. The predicted molar refractivity (Wildman–Crippen MR) is 157 cm³/mol. The molecule has 0 aliphatic heterocycles. The molecule has 3 N–H and O–H groups in total. The van der Waals surface area contributed by atoms with Gasteiger partial charge in [-0.05, 0) is 61.4 Å². The van der Waals surface area contributed by atoms with Crippen molar-refractivity contribution in [3.63, 3.8) is 0 Å². The van der Waals surface area contributed by atoms with Gasteiger partial charge in [0.05, 0.1) is 6.54 Å². The van der Waals surface area contributed by atoms with Crippen LogP contribution in [0.3, 0.4) is 0 Å². The molecule has 13 heteroatoms. The highest BCUT2D eigenvalue weighted by Gasteiger charge is 2.17. The maximum atomic E-state index is 12.8. The van der Waals surface area contributed by atoms with E-state index in [0.29, 0.717) is 46.2 Å². The summed E-state index contributed by atoms with van der Waals surface area (Å²) in [7, 11) is 0. The number of nitrogen functional groups attached to an aromatic ring is 1. The second-order valence-electron chi connectivity index (χ2n) is 9.45. The van der Waals surface area contributed by atoms with Gasteiger partial charge in [-0.25, -0.2) is 14.4 Å². The van der Waals surface area contributed by atoms with Crippen molar-refractivity contribution in [1.29, 1.82) is 0 Å². The molecule has 0 atom stereocenters. The van der Waals surface area contributed by atoms with E-state index in [-0.39, 0.29) is 19.0 Å². The van der Waals surface area contributed by atoms with E-state index in [1.54, 1.807) is 80.6 Å². The maximum absolute atomic E-state index is 12.8. The topological polar surface area (TPSA) is 176 Å². The van der Waals surface area contributed by atoms with Crippen LogP contribution in [0.25, 0.3) is 22.4 Å². The van der Waals surface area contributed by atoms with Crippen molar-refractivity contribution in [2.75, 3.05) is 17.6 Å². The second-order valence-corrected chi connectivity index (χ2v) is 9.45. The number of hydrogen-bond donors (Lipinski definition) is 2. The van der Waals surface area contributed by atoms with Crippen LogP contribution in [-0.4, -0.2) is 44.0 Å². The smallest absolute Gasteiger partial charge is 0.415 e. The van der Waals surface area contributed by atoms with Crippen LogP contribution in [-0.2, 0) is 17.9 Å². The molecule has 3 aromatic carbocycles. The minimum atomic E-state index is -0.685. The zero-order valence-corrected chi connectivity index (χ0v) is 23.3. The second kappa shape index (κ2) is 12.8. The van der Waals surface area contributed by atoms with Gasteiger partial charge in [-0.2, -0.15) is 0 Å². The number of carbonyl (C=O) groups is 2. The molecule has 2 aromatic heterocycles. The summed E-state index contributed by atoms with van der Waals surface area (Å²) in [5.74, 6) is 0.876. The molecule has 5 aromatic rings. The van der Waals surface area contributed by atoms with Crippen molar-refractivity contribution in [2.24, 2.45) is 0 Å². The number of rotatable bonds is 8. The fourth-order valence-electron chi connectivity index (χ4n) is 4.11. The normalized spacial score (nSPS) is 10.7. The first-order chi connectivity index (χ1) is 20.8. The van der Waals surface area contributed by atoms with E-state index < -0.39 is 17.8 Å². The summed E-state index contributed by atoms with van der Waals surface area (Å²) in [5.41, 5.74) is 8.83. The molecule has 0 unspecified atom stereocenters. The van der Waals surface area contributed by atoms with Crippen LogP contribution < -0.4 is 21.4 Å².